The average molecular weight is 425 g/mol. The van der Waals surface area contributed by atoms with Gasteiger partial charge in [0, 0.05) is 35.1 Å². The van der Waals surface area contributed by atoms with E-state index in [1.165, 1.54) is 22.1 Å². The maximum absolute atomic E-state index is 15.7. The highest BCUT2D eigenvalue weighted by Crippen LogP contribution is 2.37. The van der Waals surface area contributed by atoms with Crippen molar-refractivity contribution in [1.82, 2.24) is 14.5 Å². The summed E-state index contributed by atoms with van der Waals surface area (Å²) in [6.45, 7) is 3.52. The summed E-state index contributed by atoms with van der Waals surface area (Å²) in [6, 6.07) is 3.26. The molecule has 7 nitrogen and oxygen atoms in total. The van der Waals surface area contributed by atoms with E-state index < -0.39 is 11.7 Å². The molecule has 9 heteroatoms. The Balaban J connectivity index is 1.99. The van der Waals surface area contributed by atoms with Crippen molar-refractivity contribution in [3.8, 4) is 11.4 Å². The lowest BCUT2D eigenvalue weighted by Crippen LogP contribution is -2.14. The molecule has 0 aliphatic heterocycles. The zero-order chi connectivity index (χ0) is 21.6. The van der Waals surface area contributed by atoms with E-state index in [-0.39, 0.29) is 33.7 Å². The van der Waals surface area contributed by atoms with Crippen molar-refractivity contribution in [1.29, 1.82) is 0 Å². The smallest absolute Gasteiger partial charge is 0.253 e. The molecular weight excluding hydrogens is 405 g/mol. The predicted octanol–water partition coefficient (Wildman–Crippen LogP) is 3.41. The second-order valence-electron chi connectivity index (χ2n) is 7.04. The first-order chi connectivity index (χ1) is 14.3. The number of nitrogens with zero attached hydrogens (tertiary/aromatic N) is 3. The maximum atomic E-state index is 15.7. The number of nitrogen functional groups attached to an aromatic ring is 1. The van der Waals surface area contributed by atoms with E-state index in [9.17, 15) is 9.90 Å². The van der Waals surface area contributed by atoms with Crippen LogP contribution >= 0.6 is 11.3 Å². The molecule has 1 aromatic carbocycles. The van der Waals surface area contributed by atoms with Crippen LogP contribution in [-0.2, 0) is 12.8 Å². The summed E-state index contributed by atoms with van der Waals surface area (Å²) < 4.78 is 17.1. The Labute approximate surface area is 175 Å². The summed E-state index contributed by atoms with van der Waals surface area (Å²) in [7, 11) is 0. The van der Waals surface area contributed by atoms with Crippen LogP contribution in [0.15, 0.2) is 29.9 Å². The molecule has 3 heterocycles. The van der Waals surface area contributed by atoms with Gasteiger partial charge in [-0.05, 0) is 31.9 Å². The summed E-state index contributed by atoms with van der Waals surface area (Å²) >= 11 is 1.49. The van der Waals surface area contributed by atoms with Gasteiger partial charge in [0.05, 0.1) is 27.5 Å². The highest BCUT2D eigenvalue weighted by molar-refractivity contribution is 7.09. The first kappa shape index (κ1) is 19.8. The number of carbonyl (C=O) groups is 1. The third-order valence-corrected chi connectivity index (χ3v) is 6.03. The van der Waals surface area contributed by atoms with Gasteiger partial charge >= 0.3 is 0 Å². The molecular formula is C21H20FN5O2S. The molecule has 3 aromatic heterocycles. The Kier molecular flexibility index (Phi) is 4.90. The number of amides is 1. The lowest BCUT2D eigenvalue weighted by Gasteiger charge is -2.16. The lowest BCUT2D eigenvalue weighted by atomic mass is 10.1. The molecule has 0 aliphatic carbocycles. The monoisotopic (exact) mass is 425 g/mol. The molecule has 0 atom stereocenters. The van der Waals surface area contributed by atoms with Crippen molar-refractivity contribution in [3.05, 3.63) is 63.1 Å². The van der Waals surface area contributed by atoms with Crippen LogP contribution in [0.2, 0.25) is 0 Å². The number of aromatic nitrogens is 3. The normalized spacial score (nSPS) is 11.3. The molecule has 0 bridgehead atoms. The second-order valence-corrected chi connectivity index (χ2v) is 8.02. The predicted molar refractivity (Wildman–Crippen MR) is 115 cm³/mol. The van der Waals surface area contributed by atoms with Crippen LogP contribution in [0, 0.1) is 19.7 Å². The van der Waals surface area contributed by atoms with Crippen LogP contribution in [0.3, 0.4) is 0 Å². The number of halogens is 1. The molecule has 0 radical (unpaired) electrons. The van der Waals surface area contributed by atoms with Crippen molar-refractivity contribution in [2.45, 2.75) is 26.7 Å². The van der Waals surface area contributed by atoms with Gasteiger partial charge in [-0.25, -0.2) is 9.37 Å². The van der Waals surface area contributed by atoms with Crippen LogP contribution in [0.4, 0.5) is 10.2 Å². The van der Waals surface area contributed by atoms with E-state index in [0.717, 1.165) is 10.6 Å². The number of fused-ring (bicyclic) bond motifs is 1. The van der Waals surface area contributed by atoms with E-state index in [0.29, 0.717) is 24.1 Å². The number of benzene rings is 1. The number of phenolic OH excluding ortho intramolecular Hbond substituents is 1. The fourth-order valence-electron chi connectivity index (χ4n) is 3.72. The zero-order valence-electron chi connectivity index (χ0n) is 16.4. The number of nitrogens with two attached hydrogens (primary N) is 2. The van der Waals surface area contributed by atoms with Crippen molar-refractivity contribution >= 4 is 34.0 Å². The summed E-state index contributed by atoms with van der Waals surface area (Å²) in [4.78, 5) is 20.6. The summed E-state index contributed by atoms with van der Waals surface area (Å²) in [6.07, 6.45) is 4.00. The number of hydrogen-bond donors (Lipinski definition) is 3. The highest BCUT2D eigenvalue weighted by Gasteiger charge is 2.26. The van der Waals surface area contributed by atoms with Gasteiger partial charge in [0.2, 0.25) is 0 Å². The molecule has 5 N–H and O–H groups in total. The van der Waals surface area contributed by atoms with Gasteiger partial charge in [-0.15, -0.1) is 11.3 Å². The van der Waals surface area contributed by atoms with Gasteiger partial charge in [-0.1, -0.05) is 6.07 Å². The second kappa shape index (κ2) is 7.42. The van der Waals surface area contributed by atoms with Crippen LogP contribution in [0.5, 0.6) is 5.75 Å². The zero-order valence-corrected chi connectivity index (χ0v) is 17.3. The van der Waals surface area contributed by atoms with Gasteiger partial charge in [0.15, 0.2) is 5.82 Å². The van der Waals surface area contributed by atoms with Gasteiger partial charge in [-0.3, -0.25) is 14.3 Å². The first-order valence-corrected chi connectivity index (χ1v) is 10.1. The number of primary amides is 1. The number of thiazole rings is 1. The Morgan fingerprint density at radius 1 is 1.27 bits per heavy atom. The maximum Gasteiger partial charge on any atom is 0.253 e. The minimum Gasteiger partial charge on any atom is -0.508 e. The molecule has 0 saturated carbocycles. The molecule has 1 amide bonds. The Hall–Kier alpha value is -3.46. The quantitative estimate of drug-likeness (QED) is 0.453. The van der Waals surface area contributed by atoms with Gasteiger partial charge in [-0.2, -0.15) is 0 Å². The molecule has 0 aliphatic rings. The lowest BCUT2D eigenvalue weighted by molar-refractivity contribution is 0.100. The number of pyridine rings is 1. The standard InChI is InChI=1S/C21H20FN5O2S/c1-10-3-5-14(28)11(2)18(10)27-19-12(16(20(27)23)21(24)29)9-26-13(17(19)22)4-6-15-25-7-8-30-15/h3,5,7-9,28H,4,6,23H2,1-2H3,(H2,24,29). The Bertz CT molecular complexity index is 1280. The number of anilines is 1. The molecule has 4 aromatic rings. The molecule has 0 fully saturated rings. The third kappa shape index (κ3) is 3.07. The molecule has 4 rings (SSSR count). The number of aromatic hydroxyl groups is 1. The average Bonchev–Trinajstić information content (AvgIpc) is 3.31. The molecule has 0 spiro atoms. The summed E-state index contributed by atoms with van der Waals surface area (Å²) in [5, 5.41) is 13.2. The minimum atomic E-state index is -0.775. The van der Waals surface area contributed by atoms with E-state index >= 15 is 4.39 Å². The van der Waals surface area contributed by atoms with Crippen molar-refractivity contribution in [3.63, 3.8) is 0 Å². The van der Waals surface area contributed by atoms with E-state index in [1.807, 2.05) is 12.3 Å². The summed E-state index contributed by atoms with van der Waals surface area (Å²) in [5.41, 5.74) is 14.0. The molecule has 30 heavy (non-hydrogen) atoms. The Morgan fingerprint density at radius 2 is 2.03 bits per heavy atom. The number of aryl methyl sites for hydroxylation is 3. The van der Waals surface area contributed by atoms with Crippen molar-refractivity contribution in [2.75, 3.05) is 5.73 Å². The highest BCUT2D eigenvalue weighted by atomic mass is 32.1. The van der Waals surface area contributed by atoms with Crippen LogP contribution in [0.25, 0.3) is 16.6 Å². The van der Waals surface area contributed by atoms with Gasteiger partial charge in [0.1, 0.15) is 11.6 Å². The Morgan fingerprint density at radius 3 is 2.70 bits per heavy atom. The summed E-state index contributed by atoms with van der Waals surface area (Å²) in [5.74, 6) is -1.31. The van der Waals surface area contributed by atoms with E-state index in [2.05, 4.69) is 9.97 Å². The molecule has 0 saturated heterocycles. The topological polar surface area (TPSA) is 120 Å². The number of hydrogen-bond acceptors (Lipinski definition) is 6. The third-order valence-electron chi connectivity index (χ3n) is 5.19. The van der Waals surface area contributed by atoms with Crippen LogP contribution < -0.4 is 11.5 Å². The SMILES string of the molecule is Cc1ccc(O)c(C)c1-n1c(N)c(C(N)=O)c2cnc(CCc3nccs3)c(F)c21. The first-order valence-electron chi connectivity index (χ1n) is 9.26. The van der Waals surface area contributed by atoms with Crippen LogP contribution in [-0.4, -0.2) is 25.5 Å². The number of carbonyl (C=O) groups excluding carboxylic acids is 1. The van der Waals surface area contributed by atoms with E-state index in [1.54, 1.807) is 25.3 Å². The molecule has 0 unspecified atom stereocenters. The van der Waals surface area contributed by atoms with Gasteiger partial charge < -0.3 is 16.6 Å². The molecule has 154 valence electrons. The van der Waals surface area contributed by atoms with Gasteiger partial charge in [0.25, 0.3) is 5.91 Å². The van der Waals surface area contributed by atoms with Crippen molar-refractivity contribution < 1.29 is 14.3 Å². The number of rotatable bonds is 5. The largest absolute Gasteiger partial charge is 0.508 e. The van der Waals surface area contributed by atoms with Crippen molar-refractivity contribution in [2.24, 2.45) is 5.73 Å². The van der Waals surface area contributed by atoms with E-state index in [4.69, 9.17) is 11.5 Å². The number of phenols is 1. The van der Waals surface area contributed by atoms with Crippen LogP contribution in [0.1, 0.15) is 32.2 Å². The fourth-order valence-corrected chi connectivity index (χ4v) is 4.34. The fraction of sp³-hybridized carbons (Fsp3) is 0.190. The minimum absolute atomic E-state index is 0.00464.